The quantitative estimate of drug-likeness (QED) is 0.235. The fraction of sp³-hybridized carbons (Fsp3) is 0.596. The summed E-state index contributed by atoms with van der Waals surface area (Å²) in [5.74, 6) is 4.19. The molecular formula is C47H60O2S. The molecule has 7 fully saturated rings. The Morgan fingerprint density at radius 1 is 0.460 bits per heavy atom. The van der Waals surface area contributed by atoms with Gasteiger partial charge < -0.3 is 4.18 Å². The number of hydrogen-bond acceptors (Lipinski definition) is 2. The van der Waals surface area contributed by atoms with Crippen LogP contribution in [0.25, 0.3) is 0 Å². The van der Waals surface area contributed by atoms with Crippen molar-refractivity contribution in [2.45, 2.75) is 167 Å². The first-order chi connectivity index (χ1) is 24.6. The molecule has 0 spiro atoms. The second-order valence-electron chi connectivity index (χ2n) is 17.8. The standard InChI is InChI=1S/C47H60O2S/c48-46(47-31-34-28-35(32-47)30-36(29-34)33-47)49-50(43-22-16-40(17-23-43)37-10-4-1-5-11-37,44-24-18-41(19-25-44)38-12-6-2-7-13-38)45-26-20-42(21-27-45)39-14-8-3-9-15-39/h16-27,34-39H,1-15,28-33H2. The van der Waals surface area contributed by atoms with Gasteiger partial charge in [0.1, 0.15) is 0 Å². The highest BCUT2D eigenvalue weighted by atomic mass is 32.3. The second kappa shape index (κ2) is 14.1. The van der Waals surface area contributed by atoms with Crippen molar-refractivity contribution in [2.75, 3.05) is 0 Å². The van der Waals surface area contributed by atoms with Gasteiger partial charge in [-0.05, 0) is 176 Å². The molecule has 0 aliphatic heterocycles. The summed E-state index contributed by atoms with van der Waals surface area (Å²) in [7, 11) is -2.32. The van der Waals surface area contributed by atoms with Crippen LogP contribution < -0.4 is 0 Å². The minimum Gasteiger partial charge on any atom is -0.402 e. The van der Waals surface area contributed by atoms with E-state index in [2.05, 4.69) is 72.8 Å². The Balaban J connectivity index is 1.16. The van der Waals surface area contributed by atoms with Crippen LogP contribution >= 0.6 is 10.3 Å². The molecule has 2 nitrogen and oxygen atoms in total. The summed E-state index contributed by atoms with van der Waals surface area (Å²) in [6, 6.07) is 28.6. The molecule has 0 saturated heterocycles. The Kier molecular flexibility index (Phi) is 9.42. The maximum atomic E-state index is 15.2. The first-order valence-electron chi connectivity index (χ1n) is 21.0. The van der Waals surface area contributed by atoms with Crippen LogP contribution in [0, 0.1) is 23.2 Å². The monoisotopic (exact) mass is 688 g/mol. The molecule has 50 heavy (non-hydrogen) atoms. The summed E-state index contributed by atoms with van der Waals surface area (Å²) in [5, 5.41) is 0. The molecule has 0 unspecified atom stereocenters. The molecule has 0 N–H and O–H groups in total. The molecular weight excluding hydrogens is 629 g/mol. The lowest BCUT2D eigenvalue weighted by atomic mass is 9.49. The molecule has 7 aliphatic rings. The molecule has 266 valence electrons. The van der Waals surface area contributed by atoms with Gasteiger partial charge >= 0.3 is 5.97 Å². The highest BCUT2D eigenvalue weighted by molar-refractivity contribution is 8.30. The SMILES string of the molecule is O=C(OS(c1ccc(C2CCCCC2)cc1)(c1ccc(C2CCCCC2)cc1)c1ccc(C2CCCCC2)cc1)C12CC3CC(CC(C3)C1)C2. The van der Waals surface area contributed by atoms with Crippen molar-refractivity contribution in [1.29, 1.82) is 0 Å². The van der Waals surface area contributed by atoms with Crippen molar-refractivity contribution in [3.05, 3.63) is 89.5 Å². The van der Waals surface area contributed by atoms with E-state index in [4.69, 9.17) is 4.18 Å². The van der Waals surface area contributed by atoms with E-state index in [1.807, 2.05) is 0 Å². The largest absolute Gasteiger partial charge is 0.402 e. The van der Waals surface area contributed by atoms with Gasteiger partial charge in [-0.15, -0.1) is 0 Å². The molecule has 3 heteroatoms. The molecule has 0 amide bonds. The van der Waals surface area contributed by atoms with Crippen molar-refractivity contribution in [3.63, 3.8) is 0 Å². The van der Waals surface area contributed by atoms with Gasteiger partial charge in [-0.2, -0.15) is 0 Å². The lowest BCUT2D eigenvalue weighted by molar-refractivity contribution is -0.160. The number of carbonyl (C=O) groups excluding carboxylic acids is 1. The Morgan fingerprint density at radius 2 is 0.760 bits per heavy atom. The van der Waals surface area contributed by atoms with Gasteiger partial charge in [0.15, 0.2) is 0 Å². The summed E-state index contributed by atoms with van der Waals surface area (Å²) >= 11 is 0. The van der Waals surface area contributed by atoms with E-state index in [1.165, 1.54) is 147 Å². The fourth-order valence-electron chi connectivity index (χ4n) is 12.2. The molecule has 0 radical (unpaired) electrons. The van der Waals surface area contributed by atoms with E-state index in [9.17, 15) is 0 Å². The normalized spacial score (nSPS) is 29.6. The molecule has 7 saturated carbocycles. The van der Waals surface area contributed by atoms with Gasteiger partial charge in [0, 0.05) is 14.7 Å². The third-order valence-corrected chi connectivity index (χ3v) is 17.7. The maximum Gasteiger partial charge on any atom is 0.323 e. The molecule has 0 heterocycles. The topological polar surface area (TPSA) is 26.3 Å². The lowest BCUT2D eigenvalue weighted by Crippen LogP contribution is -2.50. The van der Waals surface area contributed by atoms with Gasteiger partial charge in [0.05, 0.1) is 5.41 Å². The smallest absolute Gasteiger partial charge is 0.323 e. The summed E-state index contributed by atoms with van der Waals surface area (Å²) in [6.07, 6.45) is 27.0. The maximum absolute atomic E-state index is 15.2. The number of rotatable bonds is 8. The summed E-state index contributed by atoms with van der Waals surface area (Å²) in [5.41, 5.74) is 4.09. The van der Waals surface area contributed by atoms with Gasteiger partial charge in [0.25, 0.3) is 0 Å². The number of hydrogen-bond donors (Lipinski definition) is 0. The van der Waals surface area contributed by atoms with Crippen LogP contribution in [-0.2, 0) is 8.98 Å². The van der Waals surface area contributed by atoms with Crippen LogP contribution in [0.2, 0.25) is 0 Å². The van der Waals surface area contributed by atoms with Crippen LogP contribution in [0.5, 0.6) is 0 Å². The van der Waals surface area contributed by atoms with Gasteiger partial charge in [0.2, 0.25) is 0 Å². The Morgan fingerprint density at radius 3 is 1.06 bits per heavy atom. The number of benzene rings is 3. The van der Waals surface area contributed by atoms with E-state index < -0.39 is 10.3 Å². The Hall–Kier alpha value is -2.52. The highest BCUT2D eigenvalue weighted by Gasteiger charge is 2.57. The molecule has 7 aliphatic carbocycles. The molecule has 0 atom stereocenters. The van der Waals surface area contributed by atoms with Gasteiger partial charge in [-0.3, -0.25) is 4.79 Å². The van der Waals surface area contributed by atoms with Crippen molar-refractivity contribution < 1.29 is 8.98 Å². The van der Waals surface area contributed by atoms with Crippen molar-refractivity contribution >= 4 is 16.3 Å². The van der Waals surface area contributed by atoms with Crippen LogP contribution in [0.3, 0.4) is 0 Å². The Labute approximate surface area is 304 Å². The van der Waals surface area contributed by atoms with Crippen molar-refractivity contribution in [3.8, 4) is 0 Å². The van der Waals surface area contributed by atoms with Crippen molar-refractivity contribution in [1.82, 2.24) is 0 Å². The summed E-state index contributed by atoms with van der Waals surface area (Å²) in [4.78, 5) is 18.7. The van der Waals surface area contributed by atoms with Crippen LogP contribution in [0.4, 0.5) is 0 Å². The van der Waals surface area contributed by atoms with E-state index in [-0.39, 0.29) is 11.4 Å². The van der Waals surface area contributed by atoms with E-state index in [0.29, 0.717) is 35.5 Å². The van der Waals surface area contributed by atoms with Crippen LogP contribution in [0.1, 0.15) is 169 Å². The molecule has 0 aromatic heterocycles. The van der Waals surface area contributed by atoms with E-state index >= 15 is 4.79 Å². The third kappa shape index (κ3) is 6.30. The van der Waals surface area contributed by atoms with Crippen molar-refractivity contribution in [2.24, 2.45) is 23.2 Å². The second-order valence-corrected chi connectivity index (χ2v) is 20.5. The first kappa shape index (κ1) is 33.3. The molecule has 10 rings (SSSR count). The predicted octanol–water partition coefficient (Wildman–Crippen LogP) is 13.8. The minimum atomic E-state index is -2.32. The third-order valence-electron chi connectivity index (χ3n) is 14.5. The minimum absolute atomic E-state index is 0.107. The lowest BCUT2D eigenvalue weighted by Gasteiger charge is -2.56. The predicted molar refractivity (Wildman–Crippen MR) is 206 cm³/mol. The zero-order valence-corrected chi connectivity index (χ0v) is 31.3. The summed E-state index contributed by atoms with van der Waals surface area (Å²) < 4.78 is 7.48. The zero-order chi connectivity index (χ0) is 33.5. The molecule has 4 bridgehead atoms. The van der Waals surface area contributed by atoms with E-state index in [1.54, 1.807) is 0 Å². The first-order valence-corrected chi connectivity index (χ1v) is 22.5. The fourth-order valence-corrected chi connectivity index (χ4v) is 15.3. The zero-order valence-electron chi connectivity index (χ0n) is 30.5. The van der Waals surface area contributed by atoms with Gasteiger partial charge in [-0.1, -0.05) is 94.2 Å². The molecule has 3 aromatic rings. The average molecular weight is 689 g/mol. The summed E-state index contributed by atoms with van der Waals surface area (Å²) in [6.45, 7) is 0. The number of carbonyl (C=O) groups is 1. The van der Waals surface area contributed by atoms with E-state index in [0.717, 1.165) is 19.3 Å². The Bertz CT molecular complexity index is 1420. The highest BCUT2D eigenvalue weighted by Crippen LogP contribution is 2.71. The average Bonchev–Trinajstić information content (AvgIpc) is 3.18. The molecule has 3 aromatic carbocycles. The van der Waals surface area contributed by atoms with Gasteiger partial charge in [-0.25, -0.2) is 0 Å². The van der Waals surface area contributed by atoms with Crippen LogP contribution in [-0.4, -0.2) is 5.97 Å². The van der Waals surface area contributed by atoms with Crippen LogP contribution in [0.15, 0.2) is 87.5 Å².